The van der Waals surface area contributed by atoms with Crippen LogP contribution in [0.2, 0.25) is 0 Å². The Labute approximate surface area is 126 Å². The summed E-state index contributed by atoms with van der Waals surface area (Å²) >= 11 is 0. The van der Waals surface area contributed by atoms with Gasteiger partial charge in [-0.25, -0.2) is 18.9 Å². The van der Waals surface area contributed by atoms with E-state index in [2.05, 4.69) is 20.1 Å². The third-order valence-electron chi connectivity index (χ3n) is 3.15. The van der Waals surface area contributed by atoms with Gasteiger partial charge in [-0.2, -0.15) is 5.10 Å². The maximum Gasteiger partial charge on any atom is 0.333 e. The first-order valence-electron chi connectivity index (χ1n) is 6.51. The molecule has 0 saturated carbocycles. The van der Waals surface area contributed by atoms with Crippen molar-refractivity contribution >= 4 is 11.9 Å². The van der Waals surface area contributed by atoms with Gasteiger partial charge in [0.2, 0.25) is 5.91 Å². The van der Waals surface area contributed by atoms with Gasteiger partial charge in [0.15, 0.2) is 6.04 Å². The highest BCUT2D eigenvalue weighted by molar-refractivity contribution is 5.87. The molecule has 116 valence electrons. The summed E-state index contributed by atoms with van der Waals surface area (Å²) < 4.78 is 19.8. The maximum atomic E-state index is 13.9. The van der Waals surface area contributed by atoms with Crippen molar-refractivity contribution < 1.29 is 18.7 Å². The molecule has 1 heterocycles. The largest absolute Gasteiger partial charge is 0.467 e. The zero-order valence-electron chi connectivity index (χ0n) is 12.1. The van der Waals surface area contributed by atoms with Crippen molar-refractivity contribution in [1.29, 1.82) is 0 Å². The lowest BCUT2D eigenvalue weighted by Gasteiger charge is -2.20. The van der Waals surface area contributed by atoms with E-state index in [4.69, 9.17) is 0 Å². The number of methoxy groups -OCH3 is 1. The molecule has 1 amide bonds. The highest BCUT2D eigenvalue weighted by Crippen LogP contribution is 2.19. The van der Waals surface area contributed by atoms with E-state index in [1.54, 1.807) is 13.0 Å². The zero-order valence-corrected chi connectivity index (χ0v) is 12.1. The minimum atomic E-state index is -1.23. The van der Waals surface area contributed by atoms with Crippen LogP contribution in [0, 0.1) is 5.82 Å². The predicted molar refractivity (Wildman–Crippen MR) is 74.0 cm³/mol. The molecule has 1 N–H and O–H groups in total. The second-order valence-corrected chi connectivity index (χ2v) is 4.54. The van der Waals surface area contributed by atoms with Crippen LogP contribution in [0.3, 0.4) is 0 Å². The highest BCUT2D eigenvalue weighted by Gasteiger charge is 2.28. The molecule has 7 nitrogen and oxygen atoms in total. The summed E-state index contributed by atoms with van der Waals surface area (Å²) in [6, 6.07) is 3.75. The number of nitrogens with one attached hydrogen (secondary N) is 1. The molecular weight excluding hydrogens is 291 g/mol. The van der Waals surface area contributed by atoms with Gasteiger partial charge in [-0.15, -0.1) is 0 Å². The van der Waals surface area contributed by atoms with Crippen molar-refractivity contribution in [3.8, 4) is 0 Å². The molecule has 8 heteroatoms. The van der Waals surface area contributed by atoms with Crippen molar-refractivity contribution in [2.24, 2.45) is 0 Å². The zero-order chi connectivity index (χ0) is 16.1. The number of benzene rings is 1. The number of carbonyl (C=O) groups is 2. The number of hydrogen-bond donors (Lipinski definition) is 1. The summed E-state index contributed by atoms with van der Waals surface area (Å²) in [6.07, 6.45) is 2.67. The molecule has 2 aromatic rings. The summed E-state index contributed by atoms with van der Waals surface area (Å²) in [7, 11) is 1.17. The molecule has 1 aromatic carbocycles. The third kappa shape index (κ3) is 3.27. The fraction of sp³-hybridized carbons (Fsp3) is 0.286. The van der Waals surface area contributed by atoms with E-state index in [0.717, 1.165) is 0 Å². The Hall–Kier alpha value is -2.77. The summed E-state index contributed by atoms with van der Waals surface area (Å²) in [4.78, 5) is 27.8. The lowest BCUT2D eigenvalue weighted by molar-refractivity contribution is -0.145. The molecule has 0 spiro atoms. The first-order valence-corrected chi connectivity index (χ1v) is 6.51. The molecule has 1 aromatic heterocycles. The van der Waals surface area contributed by atoms with Crippen LogP contribution in [0.4, 0.5) is 4.39 Å². The summed E-state index contributed by atoms with van der Waals surface area (Å²) in [5, 5.41) is 6.33. The first-order chi connectivity index (χ1) is 10.5. The fourth-order valence-electron chi connectivity index (χ4n) is 1.89. The topological polar surface area (TPSA) is 86.1 Å². The van der Waals surface area contributed by atoms with Gasteiger partial charge in [0.25, 0.3) is 0 Å². The summed E-state index contributed by atoms with van der Waals surface area (Å²) in [6.45, 7) is 1.58. The Bertz CT molecular complexity index is 660. The van der Waals surface area contributed by atoms with E-state index in [-0.39, 0.29) is 5.56 Å². The van der Waals surface area contributed by atoms with Crippen molar-refractivity contribution in [3.05, 3.63) is 48.3 Å². The van der Waals surface area contributed by atoms with Gasteiger partial charge < -0.3 is 10.1 Å². The molecule has 0 aliphatic heterocycles. The van der Waals surface area contributed by atoms with Crippen LogP contribution in [0.15, 0.2) is 36.9 Å². The van der Waals surface area contributed by atoms with Crippen molar-refractivity contribution in [2.45, 2.75) is 19.0 Å². The van der Waals surface area contributed by atoms with Crippen LogP contribution in [-0.2, 0) is 14.3 Å². The van der Waals surface area contributed by atoms with Crippen LogP contribution >= 0.6 is 0 Å². The molecule has 0 aliphatic carbocycles. The average molecular weight is 306 g/mol. The van der Waals surface area contributed by atoms with Gasteiger partial charge in [-0.05, 0) is 13.0 Å². The summed E-state index contributed by atoms with van der Waals surface area (Å²) in [5.41, 5.74) is 0.0356. The van der Waals surface area contributed by atoms with Crippen LogP contribution in [-0.4, -0.2) is 33.8 Å². The molecule has 2 rings (SSSR count). The SMILES string of the molecule is COC(=O)[C@H](NC(=O)[C@H](C)n1cncn1)c1ccccc1F. The van der Waals surface area contributed by atoms with Crippen molar-refractivity contribution in [2.75, 3.05) is 7.11 Å². The van der Waals surface area contributed by atoms with E-state index >= 15 is 0 Å². The maximum absolute atomic E-state index is 13.9. The second kappa shape index (κ2) is 6.79. The predicted octanol–water partition coefficient (Wildman–Crippen LogP) is 1.01. The van der Waals surface area contributed by atoms with Crippen LogP contribution in [0.25, 0.3) is 0 Å². The van der Waals surface area contributed by atoms with Gasteiger partial charge in [-0.3, -0.25) is 4.79 Å². The molecule has 0 radical (unpaired) electrons. The van der Waals surface area contributed by atoms with Gasteiger partial charge >= 0.3 is 5.97 Å². The molecular formula is C14H15FN4O3. The van der Waals surface area contributed by atoms with E-state index in [9.17, 15) is 14.0 Å². The molecule has 2 atom stereocenters. The fourth-order valence-corrected chi connectivity index (χ4v) is 1.89. The highest BCUT2D eigenvalue weighted by atomic mass is 19.1. The number of hydrogen-bond acceptors (Lipinski definition) is 5. The minimum absolute atomic E-state index is 0.0356. The average Bonchev–Trinajstić information content (AvgIpc) is 3.06. The number of ether oxygens (including phenoxy) is 1. The number of halogens is 1. The lowest BCUT2D eigenvalue weighted by atomic mass is 10.1. The number of aromatic nitrogens is 3. The smallest absolute Gasteiger partial charge is 0.333 e. The number of nitrogens with zero attached hydrogens (tertiary/aromatic N) is 3. The molecule has 0 fully saturated rings. The van der Waals surface area contributed by atoms with E-state index < -0.39 is 29.8 Å². The summed E-state index contributed by atoms with van der Waals surface area (Å²) in [5.74, 6) is -1.87. The van der Waals surface area contributed by atoms with Crippen LogP contribution in [0.5, 0.6) is 0 Å². The molecule has 0 unspecified atom stereocenters. The standard InChI is InChI=1S/C14H15FN4O3/c1-9(19-8-16-7-17-19)13(20)18-12(14(21)22-2)10-5-3-4-6-11(10)15/h3-9,12H,1-2H3,(H,18,20)/t9-,12+/m0/s1. The van der Waals surface area contributed by atoms with Gasteiger partial charge in [0, 0.05) is 5.56 Å². The van der Waals surface area contributed by atoms with Gasteiger partial charge in [0.1, 0.15) is 24.5 Å². The quantitative estimate of drug-likeness (QED) is 0.833. The molecule has 0 saturated heterocycles. The lowest BCUT2D eigenvalue weighted by Crippen LogP contribution is -2.38. The number of carbonyl (C=O) groups excluding carboxylic acids is 2. The number of rotatable bonds is 5. The Morgan fingerprint density at radius 1 is 1.36 bits per heavy atom. The number of amides is 1. The molecule has 0 aliphatic rings. The molecule has 0 bridgehead atoms. The molecule has 22 heavy (non-hydrogen) atoms. The Balaban J connectivity index is 2.22. The van der Waals surface area contributed by atoms with E-state index in [1.165, 1.54) is 42.6 Å². The monoisotopic (exact) mass is 306 g/mol. The van der Waals surface area contributed by atoms with Crippen molar-refractivity contribution in [3.63, 3.8) is 0 Å². The minimum Gasteiger partial charge on any atom is -0.467 e. The van der Waals surface area contributed by atoms with Gasteiger partial charge in [-0.1, -0.05) is 18.2 Å². The van der Waals surface area contributed by atoms with Gasteiger partial charge in [0.05, 0.1) is 7.11 Å². The Kier molecular flexibility index (Phi) is 4.82. The van der Waals surface area contributed by atoms with Crippen LogP contribution in [0.1, 0.15) is 24.6 Å². The van der Waals surface area contributed by atoms with E-state index in [1.807, 2.05) is 0 Å². The second-order valence-electron chi connectivity index (χ2n) is 4.54. The third-order valence-corrected chi connectivity index (χ3v) is 3.15. The normalized spacial score (nSPS) is 13.2. The number of esters is 1. The Morgan fingerprint density at radius 2 is 2.09 bits per heavy atom. The van der Waals surface area contributed by atoms with Crippen LogP contribution < -0.4 is 5.32 Å². The van der Waals surface area contributed by atoms with E-state index in [0.29, 0.717) is 0 Å². The first kappa shape index (κ1) is 15.6. The van der Waals surface area contributed by atoms with Crippen molar-refractivity contribution in [1.82, 2.24) is 20.1 Å². The Morgan fingerprint density at radius 3 is 2.68 bits per heavy atom.